The molecule has 0 fully saturated rings. The number of carbonyl (C=O) groups excluding carboxylic acids is 2. The normalized spacial score (nSPS) is 13.5. The SMILES string of the molecule is CNC(C)C(=O)Nc1ncc(-c2ccc(F)cc2)n(CC(=O)N2Cc3ccccc3C2)c1=O. The molecule has 1 atom stereocenters. The van der Waals surface area contributed by atoms with Gasteiger partial charge in [0.25, 0.3) is 5.56 Å². The predicted octanol–water partition coefficient (Wildman–Crippen LogP) is 2.14. The molecule has 0 aliphatic carbocycles. The van der Waals surface area contributed by atoms with E-state index < -0.39 is 23.3 Å². The maximum Gasteiger partial charge on any atom is 0.294 e. The lowest BCUT2D eigenvalue weighted by Crippen LogP contribution is -2.39. The number of halogens is 1. The number of anilines is 1. The molecule has 1 aromatic heterocycles. The van der Waals surface area contributed by atoms with E-state index in [1.165, 1.54) is 35.0 Å². The summed E-state index contributed by atoms with van der Waals surface area (Å²) in [6.07, 6.45) is 1.40. The Hall–Kier alpha value is -3.85. The molecule has 33 heavy (non-hydrogen) atoms. The lowest BCUT2D eigenvalue weighted by molar-refractivity contribution is -0.132. The minimum Gasteiger partial charge on any atom is -0.332 e. The summed E-state index contributed by atoms with van der Waals surface area (Å²) >= 11 is 0. The topological polar surface area (TPSA) is 96.3 Å². The molecular weight excluding hydrogens is 425 g/mol. The summed E-state index contributed by atoms with van der Waals surface area (Å²) in [5.41, 5.74) is 2.41. The van der Waals surface area contributed by atoms with E-state index in [0.717, 1.165) is 11.1 Å². The van der Waals surface area contributed by atoms with Gasteiger partial charge in [-0.1, -0.05) is 24.3 Å². The fourth-order valence-corrected chi connectivity index (χ4v) is 3.68. The molecule has 0 bridgehead atoms. The van der Waals surface area contributed by atoms with E-state index in [-0.39, 0.29) is 18.3 Å². The molecule has 0 radical (unpaired) electrons. The molecule has 2 amide bonds. The third-order valence-electron chi connectivity index (χ3n) is 5.75. The Balaban J connectivity index is 1.68. The highest BCUT2D eigenvalue weighted by atomic mass is 19.1. The second-order valence-electron chi connectivity index (χ2n) is 7.91. The molecule has 2 N–H and O–H groups in total. The summed E-state index contributed by atoms with van der Waals surface area (Å²) < 4.78 is 14.7. The van der Waals surface area contributed by atoms with E-state index in [0.29, 0.717) is 24.3 Å². The van der Waals surface area contributed by atoms with Crippen LogP contribution in [0, 0.1) is 5.82 Å². The Morgan fingerprint density at radius 3 is 2.33 bits per heavy atom. The number of hydrogen-bond acceptors (Lipinski definition) is 5. The van der Waals surface area contributed by atoms with Crippen molar-refractivity contribution in [3.8, 4) is 11.3 Å². The molecule has 2 heterocycles. The molecule has 4 rings (SSSR count). The lowest BCUT2D eigenvalue weighted by atomic mass is 10.1. The summed E-state index contributed by atoms with van der Waals surface area (Å²) in [5, 5.41) is 5.31. The zero-order chi connectivity index (χ0) is 23.5. The van der Waals surface area contributed by atoms with Crippen LogP contribution in [-0.4, -0.2) is 39.4 Å². The first-order valence-corrected chi connectivity index (χ1v) is 10.6. The Kier molecular flexibility index (Phi) is 6.32. The van der Waals surface area contributed by atoms with E-state index in [2.05, 4.69) is 15.6 Å². The van der Waals surface area contributed by atoms with Crippen LogP contribution >= 0.6 is 0 Å². The molecule has 3 aromatic rings. The maximum atomic E-state index is 13.4. The van der Waals surface area contributed by atoms with Gasteiger partial charge in [0.2, 0.25) is 11.8 Å². The molecule has 8 nitrogen and oxygen atoms in total. The minimum atomic E-state index is -0.612. The van der Waals surface area contributed by atoms with Gasteiger partial charge in [-0.25, -0.2) is 9.37 Å². The molecule has 2 aromatic carbocycles. The highest BCUT2D eigenvalue weighted by Crippen LogP contribution is 2.23. The van der Waals surface area contributed by atoms with Crippen molar-refractivity contribution in [2.75, 3.05) is 12.4 Å². The average molecular weight is 449 g/mol. The van der Waals surface area contributed by atoms with Gasteiger partial charge in [0.15, 0.2) is 5.82 Å². The fourth-order valence-electron chi connectivity index (χ4n) is 3.68. The standard InChI is InChI=1S/C24H24FN5O3/c1-15(26-2)23(32)28-22-24(33)30(20(11-27-22)16-7-9-19(25)10-8-16)14-21(31)29-12-17-5-3-4-6-18(17)13-29/h3-11,15,26H,12-14H2,1-2H3,(H,27,28,32). The van der Waals surface area contributed by atoms with E-state index in [4.69, 9.17) is 0 Å². The van der Waals surface area contributed by atoms with Crippen LogP contribution in [0.5, 0.6) is 0 Å². The van der Waals surface area contributed by atoms with Gasteiger partial charge >= 0.3 is 0 Å². The Labute approximate surface area is 190 Å². The van der Waals surface area contributed by atoms with Crippen LogP contribution in [-0.2, 0) is 29.2 Å². The highest BCUT2D eigenvalue weighted by molar-refractivity contribution is 5.93. The van der Waals surface area contributed by atoms with E-state index in [9.17, 15) is 18.8 Å². The summed E-state index contributed by atoms with van der Waals surface area (Å²) in [5.74, 6) is -1.27. The molecule has 0 spiro atoms. The first kappa shape index (κ1) is 22.3. The van der Waals surface area contributed by atoms with Gasteiger partial charge in [0.05, 0.1) is 17.9 Å². The molecule has 170 valence electrons. The number of benzene rings is 2. The number of nitrogens with zero attached hydrogens (tertiary/aromatic N) is 3. The second kappa shape index (κ2) is 9.33. The van der Waals surface area contributed by atoms with Gasteiger partial charge in [0.1, 0.15) is 12.4 Å². The van der Waals surface area contributed by atoms with Crippen LogP contribution in [0.2, 0.25) is 0 Å². The zero-order valence-electron chi connectivity index (χ0n) is 18.3. The van der Waals surface area contributed by atoms with E-state index >= 15 is 0 Å². The van der Waals surface area contributed by atoms with Crippen LogP contribution < -0.4 is 16.2 Å². The first-order valence-electron chi connectivity index (χ1n) is 10.6. The number of likely N-dealkylation sites (N-methyl/N-ethyl adjacent to an activating group) is 1. The Morgan fingerprint density at radius 2 is 1.73 bits per heavy atom. The predicted molar refractivity (Wildman–Crippen MR) is 122 cm³/mol. The second-order valence-corrected chi connectivity index (χ2v) is 7.91. The fraction of sp³-hybridized carbons (Fsp3) is 0.250. The van der Waals surface area contributed by atoms with Crippen molar-refractivity contribution < 1.29 is 14.0 Å². The smallest absolute Gasteiger partial charge is 0.294 e. The van der Waals surface area contributed by atoms with Crippen molar-refractivity contribution in [3.05, 3.63) is 82.0 Å². The summed E-state index contributed by atoms with van der Waals surface area (Å²) in [7, 11) is 1.63. The first-order chi connectivity index (χ1) is 15.9. The van der Waals surface area contributed by atoms with Crippen molar-refractivity contribution >= 4 is 17.6 Å². The van der Waals surface area contributed by atoms with Crippen molar-refractivity contribution in [1.82, 2.24) is 19.8 Å². The molecule has 1 aliphatic heterocycles. The number of aromatic nitrogens is 2. The lowest BCUT2D eigenvalue weighted by Gasteiger charge is -2.19. The van der Waals surface area contributed by atoms with E-state index in [1.54, 1.807) is 18.9 Å². The summed E-state index contributed by atoms with van der Waals surface area (Å²) in [6.45, 7) is 2.33. The van der Waals surface area contributed by atoms with Crippen molar-refractivity contribution in [2.24, 2.45) is 0 Å². The largest absolute Gasteiger partial charge is 0.332 e. The van der Waals surface area contributed by atoms with Crippen LogP contribution in [0.3, 0.4) is 0 Å². The van der Waals surface area contributed by atoms with Crippen molar-refractivity contribution in [3.63, 3.8) is 0 Å². The van der Waals surface area contributed by atoms with Gasteiger partial charge < -0.3 is 15.5 Å². The molecular formula is C24H24FN5O3. The van der Waals surface area contributed by atoms with Crippen molar-refractivity contribution in [2.45, 2.75) is 32.6 Å². The van der Waals surface area contributed by atoms with Gasteiger partial charge in [-0.15, -0.1) is 0 Å². The number of fused-ring (bicyclic) bond motifs is 1. The van der Waals surface area contributed by atoms with Crippen LogP contribution in [0.1, 0.15) is 18.1 Å². The number of amides is 2. The number of carbonyl (C=O) groups is 2. The third-order valence-corrected chi connectivity index (χ3v) is 5.75. The maximum absolute atomic E-state index is 13.4. The average Bonchev–Trinajstić information content (AvgIpc) is 3.26. The van der Waals surface area contributed by atoms with Crippen molar-refractivity contribution in [1.29, 1.82) is 0 Å². The molecule has 1 unspecified atom stereocenters. The van der Waals surface area contributed by atoms with Gasteiger partial charge in [0, 0.05) is 18.7 Å². The Morgan fingerprint density at radius 1 is 1.09 bits per heavy atom. The number of hydrogen-bond donors (Lipinski definition) is 2. The van der Waals surface area contributed by atoms with Crippen LogP contribution in [0.15, 0.2) is 59.5 Å². The number of rotatable bonds is 6. The summed E-state index contributed by atoms with van der Waals surface area (Å²) in [6, 6.07) is 12.8. The third kappa shape index (κ3) is 4.68. The molecule has 0 saturated carbocycles. The van der Waals surface area contributed by atoms with Crippen LogP contribution in [0.4, 0.5) is 10.2 Å². The Bertz CT molecular complexity index is 1230. The quantitative estimate of drug-likeness (QED) is 0.601. The van der Waals surface area contributed by atoms with Gasteiger partial charge in [-0.2, -0.15) is 0 Å². The van der Waals surface area contributed by atoms with Crippen LogP contribution in [0.25, 0.3) is 11.3 Å². The van der Waals surface area contributed by atoms with Gasteiger partial charge in [-0.3, -0.25) is 19.0 Å². The molecule has 9 heteroatoms. The number of nitrogens with one attached hydrogen (secondary N) is 2. The summed E-state index contributed by atoms with van der Waals surface area (Å²) in [4.78, 5) is 44.5. The highest BCUT2D eigenvalue weighted by Gasteiger charge is 2.25. The minimum absolute atomic E-state index is 0.175. The zero-order valence-corrected chi connectivity index (χ0v) is 18.3. The van der Waals surface area contributed by atoms with E-state index in [1.807, 2.05) is 24.3 Å². The monoisotopic (exact) mass is 449 g/mol. The van der Waals surface area contributed by atoms with Gasteiger partial charge in [-0.05, 0) is 49.4 Å². The molecule has 0 saturated heterocycles. The molecule has 1 aliphatic rings.